The number of thiazole rings is 1. The van der Waals surface area contributed by atoms with Crippen molar-refractivity contribution in [2.75, 3.05) is 0 Å². The van der Waals surface area contributed by atoms with Crippen molar-refractivity contribution in [3.05, 3.63) is 22.6 Å². The third-order valence-corrected chi connectivity index (χ3v) is 2.01. The van der Waals surface area contributed by atoms with Crippen LogP contribution in [0.5, 0.6) is 5.06 Å². The fourth-order valence-electron chi connectivity index (χ4n) is 0.806. The van der Waals surface area contributed by atoms with E-state index in [9.17, 15) is 4.79 Å². The van der Waals surface area contributed by atoms with E-state index in [-0.39, 0.29) is 10.6 Å². The molecule has 0 saturated heterocycles. The Morgan fingerprint density at radius 2 is 2.50 bits per heavy atom. The predicted molar refractivity (Wildman–Crippen MR) is 37.6 cm³/mol. The van der Waals surface area contributed by atoms with E-state index in [1.165, 1.54) is 16.8 Å². The van der Waals surface area contributed by atoms with Crippen LogP contribution >= 0.6 is 11.3 Å². The minimum absolute atomic E-state index is 0.147. The Bertz CT molecular complexity index is 376. The molecule has 0 aliphatic carbocycles. The number of nitrogens with one attached hydrogen (secondary N) is 1. The number of fused-ring (bicyclic) bond motifs is 1. The van der Waals surface area contributed by atoms with E-state index in [1.54, 1.807) is 0 Å². The van der Waals surface area contributed by atoms with Gasteiger partial charge in [-0.3, -0.25) is 9.89 Å². The number of aromatic hydroxyl groups is 1. The number of hydrogen-bond donors (Lipinski definition) is 2. The van der Waals surface area contributed by atoms with Crippen LogP contribution in [0.25, 0.3) is 4.83 Å². The van der Waals surface area contributed by atoms with Gasteiger partial charge in [0.1, 0.15) is 4.83 Å². The molecule has 5 heteroatoms. The molecule has 0 aromatic carbocycles. The Morgan fingerprint density at radius 3 is 3.20 bits per heavy atom. The summed E-state index contributed by atoms with van der Waals surface area (Å²) >= 11 is 1.16. The average molecular weight is 156 g/mol. The molecule has 52 valence electrons. The van der Waals surface area contributed by atoms with E-state index >= 15 is 0 Å². The van der Waals surface area contributed by atoms with E-state index in [0.29, 0.717) is 0 Å². The second-order valence-corrected chi connectivity index (χ2v) is 2.94. The first-order chi connectivity index (χ1) is 4.75. The molecule has 0 radical (unpaired) electrons. The fourth-order valence-corrected chi connectivity index (χ4v) is 1.54. The Hall–Kier alpha value is -1.23. The van der Waals surface area contributed by atoms with Gasteiger partial charge < -0.3 is 5.11 Å². The maximum Gasteiger partial charge on any atom is 0.265 e. The van der Waals surface area contributed by atoms with Gasteiger partial charge in [-0.25, -0.2) is 4.52 Å². The van der Waals surface area contributed by atoms with Crippen LogP contribution in [-0.2, 0) is 0 Å². The predicted octanol–water partition coefficient (Wildman–Crippen LogP) is 0.395. The lowest BCUT2D eigenvalue weighted by Crippen LogP contribution is -1.97. The molecule has 2 heterocycles. The third-order valence-electron chi connectivity index (χ3n) is 1.17. The largest absolute Gasteiger partial charge is 0.498 e. The van der Waals surface area contributed by atoms with Gasteiger partial charge in [0.15, 0.2) is 5.06 Å². The van der Waals surface area contributed by atoms with E-state index in [2.05, 4.69) is 5.10 Å². The molecule has 2 N–H and O–H groups in total. The van der Waals surface area contributed by atoms with Crippen molar-refractivity contribution in [1.82, 2.24) is 9.61 Å². The van der Waals surface area contributed by atoms with Gasteiger partial charge in [-0.1, -0.05) is 11.3 Å². The van der Waals surface area contributed by atoms with Crippen LogP contribution in [0.1, 0.15) is 0 Å². The van der Waals surface area contributed by atoms with Gasteiger partial charge in [-0.05, 0) is 0 Å². The standard InChI is InChI=1S/C5H4N2O2S/c8-3-1-4-7(6-3)2-5(9)10-4/h1-2,9H,(H,6,8). The Labute approximate surface area is 59.3 Å². The summed E-state index contributed by atoms with van der Waals surface area (Å²) in [6.45, 7) is 0. The number of hydrogen-bond acceptors (Lipinski definition) is 3. The zero-order valence-corrected chi connectivity index (χ0v) is 5.68. The van der Waals surface area contributed by atoms with E-state index < -0.39 is 0 Å². The highest BCUT2D eigenvalue weighted by molar-refractivity contribution is 7.19. The zero-order chi connectivity index (χ0) is 7.14. The van der Waals surface area contributed by atoms with Gasteiger partial charge in [-0.2, -0.15) is 0 Å². The molecule has 0 atom stereocenters. The van der Waals surface area contributed by atoms with Gasteiger partial charge in [0, 0.05) is 6.07 Å². The van der Waals surface area contributed by atoms with Gasteiger partial charge >= 0.3 is 0 Å². The topological polar surface area (TPSA) is 57.5 Å². The smallest absolute Gasteiger partial charge is 0.265 e. The van der Waals surface area contributed by atoms with Gasteiger partial charge in [-0.15, -0.1) is 0 Å². The number of aromatic nitrogens is 2. The van der Waals surface area contributed by atoms with Gasteiger partial charge in [0.2, 0.25) is 0 Å². The van der Waals surface area contributed by atoms with Crippen molar-refractivity contribution in [3.8, 4) is 5.06 Å². The molecule has 0 fully saturated rings. The molecule has 0 unspecified atom stereocenters. The first-order valence-electron chi connectivity index (χ1n) is 2.66. The van der Waals surface area contributed by atoms with E-state index in [1.807, 2.05) is 0 Å². The lowest BCUT2D eigenvalue weighted by molar-refractivity contribution is 0.487. The summed E-state index contributed by atoms with van der Waals surface area (Å²) in [6, 6.07) is 1.43. The molecule has 2 rings (SSSR count). The average Bonchev–Trinajstić information content (AvgIpc) is 2.21. The maximum atomic E-state index is 10.6. The lowest BCUT2D eigenvalue weighted by Gasteiger charge is -1.75. The zero-order valence-electron chi connectivity index (χ0n) is 4.87. The number of H-pyrrole nitrogens is 1. The lowest BCUT2D eigenvalue weighted by atomic mass is 10.7. The normalized spacial score (nSPS) is 10.8. The Kier molecular flexibility index (Phi) is 0.906. The summed E-state index contributed by atoms with van der Waals surface area (Å²) in [5.41, 5.74) is -0.147. The van der Waals surface area contributed by atoms with Crippen molar-refractivity contribution in [3.63, 3.8) is 0 Å². The van der Waals surface area contributed by atoms with Gasteiger partial charge in [0.25, 0.3) is 5.56 Å². The van der Waals surface area contributed by atoms with Crippen LogP contribution in [0.4, 0.5) is 0 Å². The molecule has 0 amide bonds. The van der Waals surface area contributed by atoms with Crippen LogP contribution in [0.3, 0.4) is 0 Å². The van der Waals surface area contributed by atoms with Crippen molar-refractivity contribution in [2.24, 2.45) is 0 Å². The molecule has 4 nitrogen and oxygen atoms in total. The second kappa shape index (κ2) is 1.63. The quantitative estimate of drug-likeness (QED) is 0.579. The first kappa shape index (κ1) is 5.55. The Morgan fingerprint density at radius 1 is 1.70 bits per heavy atom. The van der Waals surface area contributed by atoms with Crippen LogP contribution in [-0.4, -0.2) is 14.7 Å². The van der Waals surface area contributed by atoms with Crippen LogP contribution < -0.4 is 5.56 Å². The summed E-state index contributed by atoms with van der Waals surface area (Å²) in [4.78, 5) is 11.3. The molecular weight excluding hydrogens is 152 g/mol. The highest BCUT2D eigenvalue weighted by Crippen LogP contribution is 2.20. The maximum absolute atomic E-state index is 10.6. The SMILES string of the molecule is O=c1cc2sc(O)cn2[nH]1. The molecule has 0 spiro atoms. The molecule has 2 aromatic heterocycles. The van der Waals surface area contributed by atoms with Crippen molar-refractivity contribution >= 4 is 16.2 Å². The number of rotatable bonds is 0. The summed E-state index contributed by atoms with van der Waals surface area (Å²) < 4.78 is 1.49. The van der Waals surface area contributed by atoms with E-state index in [4.69, 9.17) is 5.11 Å². The minimum Gasteiger partial charge on any atom is -0.498 e. The molecule has 0 aliphatic rings. The molecule has 0 bridgehead atoms. The first-order valence-corrected chi connectivity index (χ1v) is 3.47. The van der Waals surface area contributed by atoms with Crippen molar-refractivity contribution < 1.29 is 5.11 Å². The molecule has 0 saturated carbocycles. The summed E-state index contributed by atoms with van der Waals surface area (Å²) in [5, 5.41) is 11.6. The van der Waals surface area contributed by atoms with E-state index in [0.717, 1.165) is 16.2 Å². The van der Waals surface area contributed by atoms with Crippen LogP contribution in [0, 0.1) is 0 Å². The summed E-state index contributed by atoms with van der Waals surface area (Å²) in [5.74, 6) is 0. The number of nitrogens with zero attached hydrogens (tertiary/aromatic N) is 1. The second-order valence-electron chi connectivity index (χ2n) is 1.90. The van der Waals surface area contributed by atoms with Crippen molar-refractivity contribution in [2.45, 2.75) is 0 Å². The third kappa shape index (κ3) is 0.640. The highest BCUT2D eigenvalue weighted by atomic mass is 32.1. The fraction of sp³-hybridized carbons (Fsp3) is 0. The number of aromatic amines is 1. The molecule has 10 heavy (non-hydrogen) atoms. The minimum atomic E-state index is -0.147. The molecular formula is C5H4N2O2S. The van der Waals surface area contributed by atoms with Crippen molar-refractivity contribution in [1.29, 1.82) is 0 Å². The van der Waals surface area contributed by atoms with Crippen LogP contribution in [0.15, 0.2) is 17.1 Å². The van der Waals surface area contributed by atoms with Crippen LogP contribution in [0.2, 0.25) is 0 Å². The Balaban J connectivity index is 2.95. The molecule has 0 aliphatic heterocycles. The highest BCUT2D eigenvalue weighted by Gasteiger charge is 1.99. The monoisotopic (exact) mass is 156 g/mol. The summed E-state index contributed by atoms with van der Waals surface area (Å²) in [7, 11) is 0. The van der Waals surface area contributed by atoms with Gasteiger partial charge in [0.05, 0.1) is 6.20 Å². The molecule has 2 aromatic rings. The summed E-state index contributed by atoms with van der Waals surface area (Å²) in [6.07, 6.45) is 1.46.